The van der Waals surface area contributed by atoms with Gasteiger partial charge in [-0.1, -0.05) is 20.8 Å². The molecule has 0 bridgehead atoms. The standard InChI is InChI=1S/C12H23N/c1-12(2,3)10-6-4-8-13-9-5-7-11(10)13/h10-11H,4-9H2,1-3H3/t10?,11-/m1/s1. The van der Waals surface area contributed by atoms with Gasteiger partial charge in [-0.05, 0) is 50.1 Å². The van der Waals surface area contributed by atoms with Crippen LogP contribution in [0, 0.1) is 11.3 Å². The molecule has 0 aliphatic carbocycles. The Hall–Kier alpha value is -0.0400. The first-order valence-electron chi connectivity index (χ1n) is 5.83. The third kappa shape index (κ3) is 1.76. The van der Waals surface area contributed by atoms with E-state index in [2.05, 4.69) is 25.7 Å². The third-order valence-electron chi connectivity index (χ3n) is 3.95. The molecule has 0 saturated carbocycles. The van der Waals surface area contributed by atoms with E-state index in [0.717, 1.165) is 12.0 Å². The van der Waals surface area contributed by atoms with Gasteiger partial charge in [-0.15, -0.1) is 0 Å². The average Bonchev–Trinajstić information content (AvgIpc) is 2.48. The van der Waals surface area contributed by atoms with Crippen LogP contribution in [0.2, 0.25) is 0 Å². The minimum atomic E-state index is 0.522. The summed E-state index contributed by atoms with van der Waals surface area (Å²) in [6.07, 6.45) is 5.79. The second kappa shape index (κ2) is 3.27. The molecule has 2 atom stereocenters. The van der Waals surface area contributed by atoms with Crippen LogP contribution in [-0.4, -0.2) is 24.0 Å². The van der Waals surface area contributed by atoms with Gasteiger partial charge < -0.3 is 4.90 Å². The molecule has 0 radical (unpaired) electrons. The first-order chi connectivity index (χ1) is 6.09. The molecular weight excluding hydrogens is 158 g/mol. The smallest absolute Gasteiger partial charge is 0.0129 e. The van der Waals surface area contributed by atoms with Gasteiger partial charge in [0.1, 0.15) is 0 Å². The van der Waals surface area contributed by atoms with Gasteiger partial charge in [-0.3, -0.25) is 0 Å². The number of piperidine rings is 1. The quantitative estimate of drug-likeness (QED) is 0.555. The zero-order valence-electron chi connectivity index (χ0n) is 9.34. The molecule has 1 heteroatoms. The molecule has 76 valence electrons. The normalized spacial score (nSPS) is 36.2. The maximum Gasteiger partial charge on any atom is 0.0129 e. The van der Waals surface area contributed by atoms with Gasteiger partial charge in [-0.2, -0.15) is 0 Å². The van der Waals surface area contributed by atoms with Crippen molar-refractivity contribution in [3.05, 3.63) is 0 Å². The van der Waals surface area contributed by atoms with Crippen LogP contribution in [0.1, 0.15) is 46.5 Å². The Bertz CT molecular complexity index is 180. The molecule has 2 heterocycles. The zero-order chi connectivity index (χ0) is 9.47. The highest BCUT2D eigenvalue weighted by molar-refractivity contribution is 4.93. The monoisotopic (exact) mass is 181 g/mol. The number of rotatable bonds is 0. The maximum atomic E-state index is 2.74. The minimum absolute atomic E-state index is 0.522. The number of hydrogen-bond donors (Lipinski definition) is 0. The van der Waals surface area contributed by atoms with E-state index in [1.807, 2.05) is 0 Å². The summed E-state index contributed by atoms with van der Waals surface area (Å²) in [5.74, 6) is 0.948. The molecular formula is C12H23N. The van der Waals surface area contributed by atoms with E-state index in [0.29, 0.717) is 5.41 Å². The molecule has 2 aliphatic heterocycles. The fraction of sp³-hybridized carbons (Fsp3) is 1.00. The van der Waals surface area contributed by atoms with E-state index in [1.54, 1.807) is 0 Å². The van der Waals surface area contributed by atoms with E-state index < -0.39 is 0 Å². The summed E-state index contributed by atoms with van der Waals surface area (Å²) in [5.41, 5.74) is 0.522. The van der Waals surface area contributed by atoms with Crippen LogP contribution in [0.15, 0.2) is 0 Å². The molecule has 2 rings (SSSR count). The number of nitrogens with zero attached hydrogens (tertiary/aromatic N) is 1. The Balaban J connectivity index is 2.10. The van der Waals surface area contributed by atoms with Crippen LogP contribution in [0.5, 0.6) is 0 Å². The molecule has 0 aromatic heterocycles. The maximum absolute atomic E-state index is 2.74. The topological polar surface area (TPSA) is 3.24 Å². The van der Waals surface area contributed by atoms with Crippen molar-refractivity contribution in [1.82, 2.24) is 4.90 Å². The van der Waals surface area contributed by atoms with Gasteiger partial charge in [0.2, 0.25) is 0 Å². The van der Waals surface area contributed by atoms with Crippen LogP contribution < -0.4 is 0 Å². The molecule has 2 aliphatic rings. The SMILES string of the molecule is CC(C)(C)C1CCCN2CCC[C@H]12. The first kappa shape index (κ1) is 9.51. The minimum Gasteiger partial charge on any atom is -0.300 e. The number of fused-ring (bicyclic) bond motifs is 1. The lowest BCUT2D eigenvalue weighted by Crippen LogP contribution is -2.45. The van der Waals surface area contributed by atoms with Crippen molar-refractivity contribution in [1.29, 1.82) is 0 Å². The van der Waals surface area contributed by atoms with Crippen LogP contribution in [0.25, 0.3) is 0 Å². The van der Waals surface area contributed by atoms with Gasteiger partial charge in [0.05, 0.1) is 0 Å². The van der Waals surface area contributed by atoms with Crippen molar-refractivity contribution in [3.63, 3.8) is 0 Å². The summed E-state index contributed by atoms with van der Waals surface area (Å²) < 4.78 is 0. The van der Waals surface area contributed by atoms with Crippen molar-refractivity contribution in [3.8, 4) is 0 Å². The van der Waals surface area contributed by atoms with E-state index in [-0.39, 0.29) is 0 Å². The van der Waals surface area contributed by atoms with Gasteiger partial charge in [0.25, 0.3) is 0 Å². The van der Waals surface area contributed by atoms with E-state index in [1.165, 1.54) is 38.8 Å². The second-order valence-electron chi connectivity index (χ2n) is 5.86. The van der Waals surface area contributed by atoms with E-state index in [9.17, 15) is 0 Å². The van der Waals surface area contributed by atoms with Crippen molar-refractivity contribution in [2.45, 2.75) is 52.5 Å². The summed E-state index contributed by atoms with van der Waals surface area (Å²) >= 11 is 0. The predicted octanol–water partition coefficient (Wildman–Crippen LogP) is 2.91. The summed E-state index contributed by atoms with van der Waals surface area (Å²) in [7, 11) is 0. The molecule has 13 heavy (non-hydrogen) atoms. The first-order valence-corrected chi connectivity index (χ1v) is 5.83. The summed E-state index contributed by atoms with van der Waals surface area (Å²) in [5, 5.41) is 0. The lowest BCUT2D eigenvalue weighted by Gasteiger charge is -2.43. The highest BCUT2D eigenvalue weighted by atomic mass is 15.2. The molecule has 1 nitrogen and oxygen atoms in total. The molecule has 2 fully saturated rings. The predicted molar refractivity (Wildman–Crippen MR) is 56.8 cm³/mol. The van der Waals surface area contributed by atoms with Crippen LogP contribution in [-0.2, 0) is 0 Å². The molecule has 0 amide bonds. The summed E-state index contributed by atoms with van der Waals surface area (Å²) in [4.78, 5) is 2.74. The Kier molecular flexibility index (Phi) is 2.39. The van der Waals surface area contributed by atoms with Crippen molar-refractivity contribution in [2.75, 3.05) is 13.1 Å². The Morgan fingerprint density at radius 3 is 2.23 bits per heavy atom. The molecule has 0 aromatic rings. The van der Waals surface area contributed by atoms with Gasteiger partial charge in [0, 0.05) is 6.04 Å². The van der Waals surface area contributed by atoms with Crippen molar-refractivity contribution < 1.29 is 0 Å². The zero-order valence-corrected chi connectivity index (χ0v) is 9.34. The van der Waals surface area contributed by atoms with Gasteiger partial charge in [-0.25, -0.2) is 0 Å². The Morgan fingerprint density at radius 2 is 1.62 bits per heavy atom. The van der Waals surface area contributed by atoms with E-state index in [4.69, 9.17) is 0 Å². The van der Waals surface area contributed by atoms with Gasteiger partial charge >= 0.3 is 0 Å². The van der Waals surface area contributed by atoms with Crippen LogP contribution >= 0.6 is 0 Å². The highest BCUT2D eigenvalue weighted by Gasteiger charge is 2.39. The Labute approximate surface area is 82.5 Å². The van der Waals surface area contributed by atoms with Gasteiger partial charge in [0.15, 0.2) is 0 Å². The summed E-state index contributed by atoms with van der Waals surface area (Å²) in [6.45, 7) is 9.99. The number of hydrogen-bond acceptors (Lipinski definition) is 1. The fourth-order valence-electron chi connectivity index (χ4n) is 3.30. The molecule has 2 saturated heterocycles. The average molecular weight is 181 g/mol. The van der Waals surface area contributed by atoms with Crippen molar-refractivity contribution in [2.24, 2.45) is 11.3 Å². The Morgan fingerprint density at radius 1 is 1.00 bits per heavy atom. The molecule has 0 N–H and O–H groups in total. The van der Waals surface area contributed by atoms with E-state index >= 15 is 0 Å². The largest absolute Gasteiger partial charge is 0.300 e. The van der Waals surface area contributed by atoms with Crippen LogP contribution in [0.4, 0.5) is 0 Å². The molecule has 0 spiro atoms. The third-order valence-corrected chi connectivity index (χ3v) is 3.95. The van der Waals surface area contributed by atoms with Crippen LogP contribution in [0.3, 0.4) is 0 Å². The molecule has 1 unspecified atom stereocenters. The second-order valence-corrected chi connectivity index (χ2v) is 5.86. The summed E-state index contributed by atoms with van der Waals surface area (Å²) in [6, 6.07) is 0.925. The highest BCUT2D eigenvalue weighted by Crippen LogP contribution is 2.41. The molecule has 0 aromatic carbocycles. The fourth-order valence-corrected chi connectivity index (χ4v) is 3.30. The van der Waals surface area contributed by atoms with Crippen molar-refractivity contribution >= 4 is 0 Å². The lowest BCUT2D eigenvalue weighted by atomic mass is 9.71. The lowest BCUT2D eigenvalue weighted by molar-refractivity contribution is 0.0596.